The molecule has 0 atom stereocenters. The summed E-state index contributed by atoms with van der Waals surface area (Å²) in [6.07, 6.45) is 0. The van der Waals surface area contributed by atoms with Gasteiger partial charge in [-0.3, -0.25) is 0 Å². The van der Waals surface area contributed by atoms with Gasteiger partial charge in [0.15, 0.2) is 0 Å². The molecule has 1 aliphatic carbocycles. The summed E-state index contributed by atoms with van der Waals surface area (Å²) in [5.74, 6) is 1.47. The Morgan fingerprint density at radius 3 is 0.867 bits per heavy atom. The molecule has 0 spiro atoms. The van der Waals surface area contributed by atoms with Gasteiger partial charge in [0, 0.05) is 5.92 Å². The van der Waals surface area contributed by atoms with Crippen LogP contribution in [0.4, 0.5) is 0 Å². The molecule has 0 aromatic carbocycles. The van der Waals surface area contributed by atoms with Crippen LogP contribution in [0.25, 0.3) is 0 Å². The molecular weight excluding hydrogens is 335 g/mol. The van der Waals surface area contributed by atoms with Crippen LogP contribution in [-0.2, 0) is 0 Å². The third-order valence-electron chi connectivity index (χ3n) is 2.81. The van der Waals surface area contributed by atoms with Crippen LogP contribution in [0.5, 0.6) is 0 Å². The fraction of sp³-hybridized carbons (Fsp3) is 0.500. The molecule has 0 aliphatic heterocycles. The fourth-order valence-electron chi connectivity index (χ4n) is 1.41. The number of hydrogen-bond acceptors (Lipinski definition) is 0. The summed E-state index contributed by atoms with van der Waals surface area (Å²) in [7, 11) is 16.9. The van der Waals surface area contributed by atoms with E-state index in [-0.39, 0.29) is 0 Å². The van der Waals surface area contributed by atoms with Crippen LogP contribution < -0.4 is 0 Å². The Labute approximate surface area is 112 Å². The molecule has 1 rings (SSSR count). The molecule has 0 N–H and O–H groups in total. The minimum atomic E-state index is -3.11. The van der Waals surface area contributed by atoms with Gasteiger partial charge in [0.05, 0.1) is 0 Å². The summed E-state index contributed by atoms with van der Waals surface area (Å²) in [6, 6.07) is 0. The molecule has 0 aromatic heterocycles. The normalized spacial score (nSPS) is 18.2. The predicted octanol–water partition coefficient (Wildman–Crippen LogP) is 5.64. The van der Waals surface area contributed by atoms with Crippen molar-refractivity contribution in [1.29, 1.82) is 0 Å². The van der Waals surface area contributed by atoms with E-state index in [4.69, 9.17) is 40.0 Å². The Balaban J connectivity index is 0.000000336. The first-order valence-corrected chi connectivity index (χ1v) is 15.5. The molecule has 0 unspecified atom stereocenters. The van der Waals surface area contributed by atoms with E-state index in [0.29, 0.717) is 0 Å². The molecule has 5 heteroatoms. The van der Waals surface area contributed by atoms with Crippen molar-refractivity contribution in [3.63, 3.8) is 0 Å². The Kier molecular flexibility index (Phi) is 6.70. The van der Waals surface area contributed by atoms with E-state index in [2.05, 4.69) is 34.6 Å². The zero-order valence-electron chi connectivity index (χ0n) is 9.51. The SMILES string of the molecule is C[C]1C(C)=C(C)C(C)=C1C.[Cl][Ge]([Cl])([Cl])[Cl]. The minimum absolute atomic E-state index is 1.47. The van der Waals surface area contributed by atoms with Crippen LogP contribution in [0.3, 0.4) is 0 Å². The van der Waals surface area contributed by atoms with Crippen LogP contribution in [0, 0.1) is 5.92 Å². The first-order valence-electron chi connectivity index (χ1n) is 4.51. The van der Waals surface area contributed by atoms with Gasteiger partial charge in [0.25, 0.3) is 0 Å². The topological polar surface area (TPSA) is 0 Å². The first-order chi connectivity index (χ1) is 6.55. The van der Waals surface area contributed by atoms with Crippen LogP contribution in [0.1, 0.15) is 34.6 Å². The maximum absolute atomic E-state index is 5.01. The number of allylic oxidation sites excluding steroid dienone is 4. The molecule has 1 aliphatic rings. The molecule has 0 heterocycles. The van der Waals surface area contributed by atoms with E-state index in [0.717, 1.165) is 0 Å². The molecule has 0 saturated heterocycles. The van der Waals surface area contributed by atoms with E-state index >= 15 is 0 Å². The van der Waals surface area contributed by atoms with E-state index in [1.54, 1.807) is 0 Å². The van der Waals surface area contributed by atoms with Gasteiger partial charge < -0.3 is 0 Å². The van der Waals surface area contributed by atoms with Gasteiger partial charge in [-0.1, -0.05) is 18.1 Å². The monoisotopic (exact) mass is 349 g/mol. The van der Waals surface area contributed by atoms with Crippen molar-refractivity contribution < 1.29 is 0 Å². The summed E-state index contributed by atoms with van der Waals surface area (Å²) in [5, 5.41) is 0. The standard InChI is InChI=1S/C10H15.Cl4Ge/c1-6-7(2)9(4)10(5)8(6)3;1-5(2,3)4/h1-5H3;. The van der Waals surface area contributed by atoms with Gasteiger partial charge in [0.1, 0.15) is 0 Å². The van der Waals surface area contributed by atoms with Crippen molar-refractivity contribution in [3.8, 4) is 0 Å². The van der Waals surface area contributed by atoms with Crippen molar-refractivity contribution in [2.75, 3.05) is 0 Å². The Hall–Kier alpha value is 1.18. The first kappa shape index (κ1) is 16.2. The Morgan fingerprint density at radius 1 is 0.600 bits per heavy atom. The van der Waals surface area contributed by atoms with Gasteiger partial charge in [-0.2, -0.15) is 0 Å². The molecule has 15 heavy (non-hydrogen) atoms. The molecule has 0 nitrogen and oxygen atoms in total. The van der Waals surface area contributed by atoms with Gasteiger partial charge in [-0.05, 0) is 38.8 Å². The summed E-state index contributed by atoms with van der Waals surface area (Å²) in [4.78, 5) is 0. The average molecular weight is 350 g/mol. The molecule has 87 valence electrons. The quantitative estimate of drug-likeness (QED) is 0.496. The van der Waals surface area contributed by atoms with Gasteiger partial charge in [0.2, 0.25) is 0 Å². The van der Waals surface area contributed by atoms with E-state index < -0.39 is 9.55 Å². The third-order valence-corrected chi connectivity index (χ3v) is 2.81. The average Bonchev–Trinajstić information content (AvgIpc) is 2.21. The molecular formula is C10H15Cl4Ge. The van der Waals surface area contributed by atoms with Gasteiger partial charge in [-0.15, -0.1) is 0 Å². The number of rotatable bonds is 0. The van der Waals surface area contributed by atoms with E-state index in [1.165, 1.54) is 28.2 Å². The van der Waals surface area contributed by atoms with Gasteiger partial charge in [-0.25, -0.2) is 0 Å². The van der Waals surface area contributed by atoms with E-state index in [1.807, 2.05) is 0 Å². The molecule has 0 amide bonds. The fourth-order valence-corrected chi connectivity index (χ4v) is 1.41. The number of hydrogen-bond donors (Lipinski definition) is 0. The van der Waals surface area contributed by atoms with Crippen molar-refractivity contribution in [1.82, 2.24) is 0 Å². The summed E-state index contributed by atoms with van der Waals surface area (Å²) in [5.41, 5.74) is 5.87. The second kappa shape index (κ2) is 6.21. The molecule has 0 bridgehead atoms. The second-order valence-corrected chi connectivity index (χ2v) is 23.2. The zero-order valence-corrected chi connectivity index (χ0v) is 14.6. The Bertz CT molecular complexity index is 269. The van der Waals surface area contributed by atoms with Crippen LogP contribution >= 0.6 is 40.0 Å². The summed E-state index contributed by atoms with van der Waals surface area (Å²) < 4.78 is 0. The summed E-state index contributed by atoms with van der Waals surface area (Å²) >= 11 is 0. The predicted molar refractivity (Wildman–Crippen MR) is 74.8 cm³/mol. The Morgan fingerprint density at radius 2 is 0.800 bits per heavy atom. The van der Waals surface area contributed by atoms with Crippen molar-refractivity contribution >= 4 is 49.6 Å². The second-order valence-electron chi connectivity index (χ2n) is 3.55. The maximum atomic E-state index is 5.01. The van der Waals surface area contributed by atoms with Crippen LogP contribution in [0.2, 0.25) is 0 Å². The van der Waals surface area contributed by atoms with Crippen molar-refractivity contribution in [2.45, 2.75) is 34.6 Å². The molecule has 0 fully saturated rings. The zero-order chi connectivity index (χ0) is 12.4. The number of halogens is 4. The van der Waals surface area contributed by atoms with Crippen LogP contribution in [0.15, 0.2) is 22.3 Å². The van der Waals surface area contributed by atoms with Crippen molar-refractivity contribution in [2.24, 2.45) is 0 Å². The molecule has 0 saturated carbocycles. The summed E-state index contributed by atoms with van der Waals surface area (Å²) in [6.45, 7) is 11.0. The molecule has 1 radical (unpaired) electrons. The van der Waals surface area contributed by atoms with E-state index in [9.17, 15) is 0 Å². The molecule has 0 aromatic rings. The van der Waals surface area contributed by atoms with Crippen molar-refractivity contribution in [3.05, 3.63) is 28.2 Å². The van der Waals surface area contributed by atoms with Crippen LogP contribution in [-0.4, -0.2) is 9.55 Å². The third kappa shape index (κ3) is 5.88. The van der Waals surface area contributed by atoms with Gasteiger partial charge >= 0.3 is 49.6 Å².